The molecule has 5 N–H and O–H groups in total. The summed E-state index contributed by atoms with van der Waals surface area (Å²) in [7, 11) is 0. The van der Waals surface area contributed by atoms with Crippen molar-refractivity contribution in [2.75, 3.05) is 17.2 Å². The fourth-order valence-corrected chi connectivity index (χ4v) is 6.57. The molecule has 2 atom stereocenters. The Kier molecular flexibility index (Phi) is 8.12. The largest absolute Gasteiger partial charge is 0.480 e. The van der Waals surface area contributed by atoms with Crippen LogP contribution < -0.4 is 15.9 Å². The summed E-state index contributed by atoms with van der Waals surface area (Å²) in [5.74, 6) is -3.37. The number of hydrogen-bond acceptors (Lipinski definition) is 15. The van der Waals surface area contributed by atoms with Gasteiger partial charge in [-0.25, -0.2) is 9.48 Å². The average Bonchev–Trinajstić information content (AvgIpc) is 3.58. The van der Waals surface area contributed by atoms with Gasteiger partial charge < -0.3 is 26.1 Å². The number of carboxylic acids is 2. The van der Waals surface area contributed by atoms with Gasteiger partial charge in [0.15, 0.2) is 10.9 Å². The Balaban J connectivity index is 1.31. The van der Waals surface area contributed by atoms with Crippen LogP contribution in [0.4, 0.5) is 5.13 Å². The molecule has 1 aromatic carbocycles. The molecule has 41 heavy (non-hydrogen) atoms. The normalized spacial score (nSPS) is 18.5. The van der Waals surface area contributed by atoms with Crippen LogP contribution in [0, 0.1) is 0 Å². The molecule has 0 saturated carbocycles. The van der Waals surface area contributed by atoms with E-state index in [-0.39, 0.29) is 39.0 Å². The number of nitrogens with two attached hydrogens (primary N) is 1. The monoisotopic (exact) mass is 618 g/mol. The van der Waals surface area contributed by atoms with Crippen molar-refractivity contribution in [3.8, 4) is 5.75 Å². The topological polar surface area (TPSA) is 241 Å². The maximum atomic E-state index is 13.2. The number of oxime groups is 1. The molecule has 4 heterocycles. The molecular weight excluding hydrogens is 600 g/mol. The number of tetrazole rings is 1. The van der Waals surface area contributed by atoms with Gasteiger partial charge in [-0.1, -0.05) is 35.1 Å². The summed E-state index contributed by atoms with van der Waals surface area (Å²) in [6.07, 6.45) is 0. The summed E-state index contributed by atoms with van der Waals surface area (Å²) in [6.45, 7) is -0.465. The predicted molar refractivity (Wildman–Crippen MR) is 144 cm³/mol. The van der Waals surface area contributed by atoms with Gasteiger partial charge in [-0.05, 0) is 28.1 Å². The fraction of sp³-hybridized carbons (Fsp3) is 0.238. The van der Waals surface area contributed by atoms with Crippen LogP contribution in [0.3, 0.4) is 0 Å². The van der Waals surface area contributed by atoms with Crippen LogP contribution in [0.15, 0.2) is 51.9 Å². The second kappa shape index (κ2) is 11.9. The smallest absolute Gasteiger partial charge is 0.352 e. The molecule has 17 nitrogen and oxygen atoms in total. The van der Waals surface area contributed by atoms with E-state index in [0.29, 0.717) is 11.3 Å². The predicted octanol–water partition coefficient (Wildman–Crippen LogP) is -0.495. The lowest BCUT2D eigenvalue weighted by atomic mass is 10.0. The van der Waals surface area contributed by atoms with Crippen LogP contribution in [-0.2, 0) is 25.7 Å². The minimum atomic E-state index is -1.32. The number of amides is 2. The van der Waals surface area contributed by atoms with Crippen molar-refractivity contribution in [1.82, 2.24) is 39.8 Å². The summed E-state index contributed by atoms with van der Waals surface area (Å²) >= 11 is 3.14. The van der Waals surface area contributed by atoms with Crippen LogP contribution in [0.1, 0.15) is 5.82 Å². The molecule has 5 rings (SSSR count). The molecule has 1 fully saturated rings. The number of nitrogens with zero attached hydrogens (tertiary/aromatic N) is 8. The number of carbonyl (C=O) groups is 4. The van der Waals surface area contributed by atoms with Gasteiger partial charge >= 0.3 is 11.9 Å². The number of thioether (sulfide) groups is 2. The Morgan fingerprint density at radius 1 is 1.24 bits per heavy atom. The zero-order valence-electron chi connectivity index (χ0n) is 20.5. The second-order valence-corrected chi connectivity index (χ2v) is 11.1. The van der Waals surface area contributed by atoms with Gasteiger partial charge in [0.1, 0.15) is 23.7 Å². The highest BCUT2D eigenvalue weighted by atomic mass is 32.2. The molecule has 0 spiro atoms. The first-order valence-corrected chi connectivity index (χ1v) is 14.2. The van der Waals surface area contributed by atoms with E-state index in [1.807, 2.05) is 0 Å². The van der Waals surface area contributed by atoms with Gasteiger partial charge in [-0.3, -0.25) is 19.3 Å². The molecule has 20 heteroatoms. The van der Waals surface area contributed by atoms with Crippen molar-refractivity contribution in [3.05, 3.63) is 47.4 Å². The number of rotatable bonds is 11. The Labute approximate surface area is 242 Å². The SMILES string of the molecule is Nc1nc(C(=NOc2ccccc2)C(=O)NC2C(=O)N3C(C(=O)O)=C(CSc4nnnn4CC(=O)O)CS[C@H]23)ns1. The Bertz CT molecular complexity index is 1570. The van der Waals surface area contributed by atoms with Crippen molar-refractivity contribution in [1.29, 1.82) is 0 Å². The van der Waals surface area contributed by atoms with Gasteiger partial charge in [0, 0.05) is 23.0 Å². The first-order valence-electron chi connectivity index (χ1n) is 11.4. The van der Waals surface area contributed by atoms with E-state index in [1.165, 1.54) is 11.8 Å². The van der Waals surface area contributed by atoms with Gasteiger partial charge in [0.2, 0.25) is 16.7 Å². The number of carboxylic acid groups (broad SMARTS) is 2. The molecule has 2 amide bonds. The number of benzene rings is 1. The quantitative estimate of drug-likeness (QED) is 0.0917. The van der Waals surface area contributed by atoms with Crippen LogP contribution >= 0.6 is 35.1 Å². The minimum Gasteiger partial charge on any atom is -0.480 e. The number of anilines is 1. The molecule has 0 bridgehead atoms. The number of fused-ring (bicyclic) bond motifs is 1. The zero-order valence-corrected chi connectivity index (χ0v) is 22.9. The Hall–Kier alpha value is -4.56. The molecule has 1 saturated heterocycles. The first kappa shape index (κ1) is 28.0. The first-order chi connectivity index (χ1) is 19.7. The molecule has 0 aliphatic carbocycles. The Morgan fingerprint density at radius 2 is 2.02 bits per heavy atom. The van der Waals surface area contributed by atoms with Crippen LogP contribution in [-0.4, -0.2) is 97.1 Å². The molecule has 2 aliphatic rings. The van der Waals surface area contributed by atoms with Crippen LogP contribution in [0.2, 0.25) is 0 Å². The molecule has 2 aliphatic heterocycles. The number of carbonyl (C=O) groups excluding carboxylic acids is 2. The summed E-state index contributed by atoms with van der Waals surface area (Å²) in [6, 6.07) is 7.38. The molecule has 3 aromatic rings. The van der Waals surface area contributed by atoms with Gasteiger partial charge in [-0.15, -0.1) is 16.9 Å². The average molecular weight is 619 g/mol. The van der Waals surface area contributed by atoms with Crippen LogP contribution in [0.25, 0.3) is 0 Å². The van der Waals surface area contributed by atoms with E-state index in [1.54, 1.807) is 30.3 Å². The van der Waals surface area contributed by atoms with Crippen LogP contribution in [0.5, 0.6) is 5.75 Å². The van der Waals surface area contributed by atoms with Crippen molar-refractivity contribution >= 4 is 69.7 Å². The van der Waals surface area contributed by atoms with E-state index in [2.05, 4.69) is 35.4 Å². The molecular formula is C21H18N10O7S3. The molecule has 212 valence electrons. The molecule has 2 aromatic heterocycles. The summed E-state index contributed by atoms with van der Waals surface area (Å²) in [5, 5.41) is 35.8. The highest BCUT2D eigenvalue weighted by molar-refractivity contribution is 8.01. The van der Waals surface area contributed by atoms with E-state index >= 15 is 0 Å². The molecule has 0 radical (unpaired) electrons. The maximum absolute atomic E-state index is 13.2. The lowest BCUT2D eigenvalue weighted by Gasteiger charge is -2.49. The van der Waals surface area contributed by atoms with E-state index in [0.717, 1.165) is 32.9 Å². The Morgan fingerprint density at radius 3 is 2.71 bits per heavy atom. The molecule has 1 unspecified atom stereocenters. The zero-order chi connectivity index (χ0) is 29.1. The fourth-order valence-electron chi connectivity index (χ4n) is 3.78. The highest BCUT2D eigenvalue weighted by Gasteiger charge is 2.54. The van der Waals surface area contributed by atoms with Crippen molar-refractivity contribution < 1.29 is 34.2 Å². The summed E-state index contributed by atoms with van der Waals surface area (Å²) in [4.78, 5) is 59.9. The van der Waals surface area contributed by atoms with Crippen molar-refractivity contribution in [2.24, 2.45) is 5.16 Å². The van der Waals surface area contributed by atoms with E-state index < -0.39 is 41.7 Å². The number of aromatic nitrogens is 6. The summed E-state index contributed by atoms with van der Waals surface area (Å²) < 4.78 is 5.08. The number of para-hydroxylation sites is 1. The van der Waals surface area contributed by atoms with Gasteiger partial charge in [0.25, 0.3) is 11.8 Å². The van der Waals surface area contributed by atoms with Crippen molar-refractivity contribution in [3.63, 3.8) is 0 Å². The highest BCUT2D eigenvalue weighted by Crippen LogP contribution is 2.41. The van der Waals surface area contributed by atoms with E-state index in [9.17, 15) is 24.3 Å². The van der Waals surface area contributed by atoms with Crippen molar-refractivity contribution in [2.45, 2.75) is 23.1 Å². The number of hydrogen-bond donors (Lipinski definition) is 4. The van der Waals surface area contributed by atoms with E-state index in [4.69, 9.17) is 15.7 Å². The second-order valence-electron chi connectivity index (χ2n) is 8.22. The lowest BCUT2D eigenvalue weighted by Crippen LogP contribution is -2.71. The van der Waals surface area contributed by atoms with Gasteiger partial charge in [-0.2, -0.15) is 9.36 Å². The lowest BCUT2D eigenvalue weighted by molar-refractivity contribution is -0.150. The number of nitrogens with one attached hydrogen (secondary N) is 1. The number of β-lactam (4-membered cyclic amide) rings is 1. The minimum absolute atomic E-state index is 0.0900. The van der Waals surface area contributed by atoms with Gasteiger partial charge in [0.05, 0.1) is 0 Å². The number of nitrogen functional groups attached to an aromatic ring is 1. The standard InChI is InChI=1S/C21H18N10O7S3/c22-20-24-15(27-41-20)12(26-38-10-4-2-1-3-5-10)16(34)23-13-17(35)31-14(19(36)37)9(7-39-18(13)31)8-40-21-25-28-29-30(21)6-11(32)33/h1-5,13,18H,6-8H2,(H,23,34)(H,32,33)(H,36,37)(H2,22,24,27)/t13?,18-/m1/s1. The third kappa shape index (κ3) is 5.98. The third-order valence-electron chi connectivity index (χ3n) is 5.55. The summed E-state index contributed by atoms with van der Waals surface area (Å²) in [5.41, 5.74) is 5.54. The third-order valence-corrected chi connectivity index (χ3v) is 8.48. The number of aliphatic carboxylic acids is 2. The maximum Gasteiger partial charge on any atom is 0.352 e.